The third-order valence-corrected chi connectivity index (χ3v) is 2.13. The number of rotatable bonds is 5. The van der Waals surface area contributed by atoms with E-state index in [9.17, 15) is 0 Å². The quantitative estimate of drug-likeness (QED) is 0.699. The van der Waals surface area contributed by atoms with E-state index in [1.807, 2.05) is 24.0 Å². The number of nitrogens with zero attached hydrogens (tertiary/aromatic N) is 2. The number of nitrogens with one attached hydrogen (secondary N) is 1. The van der Waals surface area contributed by atoms with E-state index in [0.29, 0.717) is 0 Å². The Morgan fingerprint density at radius 3 is 2.85 bits per heavy atom. The molecule has 0 bridgehead atoms. The summed E-state index contributed by atoms with van der Waals surface area (Å²) in [5.41, 5.74) is 1.24. The van der Waals surface area contributed by atoms with E-state index >= 15 is 0 Å². The van der Waals surface area contributed by atoms with Crippen LogP contribution in [0.15, 0.2) is 12.3 Å². The Bertz CT molecular complexity index is 240. The number of hydrogen-bond acceptors (Lipinski definition) is 2. The SMILES string of the molecule is CC(C)CCNCc1ccnn1C. The lowest BCUT2D eigenvalue weighted by molar-refractivity contribution is 0.527. The molecule has 13 heavy (non-hydrogen) atoms. The molecule has 0 aliphatic carbocycles. The fraction of sp³-hybridized carbons (Fsp3) is 0.700. The van der Waals surface area contributed by atoms with Gasteiger partial charge in [-0.3, -0.25) is 4.68 Å². The summed E-state index contributed by atoms with van der Waals surface area (Å²) >= 11 is 0. The summed E-state index contributed by atoms with van der Waals surface area (Å²) in [5, 5.41) is 7.51. The minimum absolute atomic E-state index is 0.777. The summed E-state index contributed by atoms with van der Waals surface area (Å²) < 4.78 is 1.91. The summed E-state index contributed by atoms with van der Waals surface area (Å²) in [5.74, 6) is 0.777. The highest BCUT2D eigenvalue weighted by Crippen LogP contribution is 1.98. The predicted octanol–water partition coefficient (Wildman–Crippen LogP) is 1.56. The second kappa shape index (κ2) is 5.02. The highest BCUT2D eigenvalue weighted by molar-refractivity contribution is 4.98. The van der Waals surface area contributed by atoms with Crippen LogP contribution >= 0.6 is 0 Å². The third kappa shape index (κ3) is 3.59. The van der Waals surface area contributed by atoms with Crippen molar-refractivity contribution in [1.82, 2.24) is 15.1 Å². The van der Waals surface area contributed by atoms with Gasteiger partial charge in [0.25, 0.3) is 0 Å². The summed E-state index contributed by atoms with van der Waals surface area (Å²) in [4.78, 5) is 0. The molecule has 0 fully saturated rings. The molecule has 74 valence electrons. The van der Waals surface area contributed by atoms with E-state index in [1.54, 1.807) is 0 Å². The maximum atomic E-state index is 4.11. The molecule has 0 radical (unpaired) electrons. The lowest BCUT2D eigenvalue weighted by Crippen LogP contribution is -2.18. The third-order valence-electron chi connectivity index (χ3n) is 2.13. The molecule has 3 nitrogen and oxygen atoms in total. The second-order valence-corrected chi connectivity index (χ2v) is 3.81. The average molecular weight is 181 g/mol. The van der Waals surface area contributed by atoms with Gasteiger partial charge in [0.2, 0.25) is 0 Å². The Morgan fingerprint density at radius 2 is 2.31 bits per heavy atom. The Morgan fingerprint density at radius 1 is 1.54 bits per heavy atom. The van der Waals surface area contributed by atoms with Gasteiger partial charge in [-0.15, -0.1) is 0 Å². The standard InChI is InChI=1S/C10H19N3/c1-9(2)4-6-11-8-10-5-7-12-13(10)3/h5,7,9,11H,4,6,8H2,1-3H3. The van der Waals surface area contributed by atoms with Crippen LogP contribution < -0.4 is 5.32 Å². The largest absolute Gasteiger partial charge is 0.311 e. The van der Waals surface area contributed by atoms with Crippen molar-refractivity contribution < 1.29 is 0 Å². The number of hydrogen-bond donors (Lipinski definition) is 1. The molecule has 0 aliphatic heterocycles. The summed E-state index contributed by atoms with van der Waals surface area (Å²) in [6.45, 7) is 6.49. The van der Waals surface area contributed by atoms with Crippen molar-refractivity contribution in [2.45, 2.75) is 26.8 Å². The van der Waals surface area contributed by atoms with Crippen LogP contribution in [0.25, 0.3) is 0 Å². The van der Waals surface area contributed by atoms with Crippen LogP contribution in [0.4, 0.5) is 0 Å². The van der Waals surface area contributed by atoms with E-state index in [0.717, 1.165) is 19.0 Å². The van der Waals surface area contributed by atoms with E-state index in [1.165, 1.54) is 12.1 Å². The van der Waals surface area contributed by atoms with Crippen molar-refractivity contribution in [2.24, 2.45) is 13.0 Å². The molecule has 1 heterocycles. The molecule has 0 aromatic carbocycles. The van der Waals surface area contributed by atoms with Crippen molar-refractivity contribution in [3.8, 4) is 0 Å². The van der Waals surface area contributed by atoms with E-state index in [-0.39, 0.29) is 0 Å². The van der Waals surface area contributed by atoms with Crippen LogP contribution in [0.3, 0.4) is 0 Å². The van der Waals surface area contributed by atoms with Crippen molar-refractivity contribution in [3.05, 3.63) is 18.0 Å². The summed E-state index contributed by atoms with van der Waals surface area (Å²) in [7, 11) is 1.97. The lowest BCUT2D eigenvalue weighted by atomic mass is 10.1. The zero-order valence-corrected chi connectivity index (χ0v) is 8.75. The first-order chi connectivity index (χ1) is 6.20. The van der Waals surface area contributed by atoms with Crippen LogP contribution in [-0.2, 0) is 13.6 Å². The van der Waals surface area contributed by atoms with Gasteiger partial charge in [0.15, 0.2) is 0 Å². The Balaban J connectivity index is 2.17. The highest BCUT2D eigenvalue weighted by Gasteiger charge is 1.97. The monoisotopic (exact) mass is 181 g/mol. The minimum atomic E-state index is 0.777. The highest BCUT2D eigenvalue weighted by atomic mass is 15.3. The van der Waals surface area contributed by atoms with Crippen LogP contribution in [0.2, 0.25) is 0 Å². The van der Waals surface area contributed by atoms with Gasteiger partial charge >= 0.3 is 0 Å². The van der Waals surface area contributed by atoms with Crippen molar-refractivity contribution >= 4 is 0 Å². The maximum Gasteiger partial charge on any atom is 0.0518 e. The zero-order valence-electron chi connectivity index (χ0n) is 8.75. The molecule has 0 saturated carbocycles. The first-order valence-electron chi connectivity index (χ1n) is 4.87. The molecule has 0 spiro atoms. The first kappa shape index (κ1) is 10.3. The molecule has 0 saturated heterocycles. The summed E-state index contributed by atoms with van der Waals surface area (Å²) in [6, 6.07) is 2.04. The molecular weight excluding hydrogens is 162 g/mol. The molecule has 1 N–H and O–H groups in total. The topological polar surface area (TPSA) is 29.9 Å². The molecule has 1 aromatic heterocycles. The summed E-state index contributed by atoms with van der Waals surface area (Å²) in [6.07, 6.45) is 3.07. The molecule has 0 atom stereocenters. The van der Waals surface area contributed by atoms with Gasteiger partial charge in [0.1, 0.15) is 0 Å². The van der Waals surface area contributed by atoms with Gasteiger partial charge in [-0.25, -0.2) is 0 Å². The average Bonchev–Trinajstić information content (AvgIpc) is 2.45. The molecule has 0 aliphatic rings. The van der Waals surface area contributed by atoms with Crippen molar-refractivity contribution in [3.63, 3.8) is 0 Å². The van der Waals surface area contributed by atoms with Crippen molar-refractivity contribution in [2.75, 3.05) is 6.54 Å². The van der Waals surface area contributed by atoms with Crippen LogP contribution in [0.5, 0.6) is 0 Å². The van der Waals surface area contributed by atoms with Gasteiger partial charge in [0.05, 0.1) is 5.69 Å². The maximum absolute atomic E-state index is 4.11. The fourth-order valence-corrected chi connectivity index (χ4v) is 1.18. The van der Waals surface area contributed by atoms with Gasteiger partial charge in [-0.2, -0.15) is 5.10 Å². The lowest BCUT2D eigenvalue weighted by Gasteiger charge is -2.06. The molecular formula is C10H19N3. The van der Waals surface area contributed by atoms with Gasteiger partial charge < -0.3 is 5.32 Å². The normalized spacial score (nSPS) is 11.1. The number of aryl methyl sites for hydroxylation is 1. The van der Waals surface area contributed by atoms with E-state index < -0.39 is 0 Å². The van der Waals surface area contributed by atoms with Gasteiger partial charge in [0, 0.05) is 19.8 Å². The van der Waals surface area contributed by atoms with Gasteiger partial charge in [-0.1, -0.05) is 13.8 Å². The molecule has 0 unspecified atom stereocenters. The molecule has 0 amide bonds. The fourth-order valence-electron chi connectivity index (χ4n) is 1.18. The molecule has 1 rings (SSSR count). The van der Waals surface area contributed by atoms with Gasteiger partial charge in [-0.05, 0) is 24.9 Å². The molecule has 3 heteroatoms. The van der Waals surface area contributed by atoms with E-state index in [4.69, 9.17) is 0 Å². The second-order valence-electron chi connectivity index (χ2n) is 3.81. The smallest absolute Gasteiger partial charge is 0.0518 e. The number of aromatic nitrogens is 2. The first-order valence-corrected chi connectivity index (χ1v) is 4.87. The Hall–Kier alpha value is -0.830. The molecule has 1 aromatic rings. The van der Waals surface area contributed by atoms with E-state index in [2.05, 4.69) is 24.3 Å². The van der Waals surface area contributed by atoms with Crippen molar-refractivity contribution in [1.29, 1.82) is 0 Å². The van der Waals surface area contributed by atoms with Crippen LogP contribution in [-0.4, -0.2) is 16.3 Å². The Kier molecular flexibility index (Phi) is 3.96. The predicted molar refractivity (Wildman–Crippen MR) is 54.4 cm³/mol. The van der Waals surface area contributed by atoms with Crippen LogP contribution in [0.1, 0.15) is 26.0 Å². The Labute approximate surface area is 80.1 Å². The minimum Gasteiger partial charge on any atom is -0.311 e. The zero-order chi connectivity index (χ0) is 9.68. The van der Waals surface area contributed by atoms with Crippen LogP contribution in [0, 0.1) is 5.92 Å².